The molecule has 0 unspecified atom stereocenters. The van der Waals surface area contributed by atoms with Crippen LogP contribution in [0.5, 0.6) is 0 Å². The van der Waals surface area contributed by atoms with Crippen LogP contribution in [-0.2, 0) is 11.3 Å². The first-order valence-corrected chi connectivity index (χ1v) is 4.87. The molecule has 4 heteroatoms. The number of benzene rings is 1. The summed E-state index contributed by atoms with van der Waals surface area (Å²) in [7, 11) is 0. The summed E-state index contributed by atoms with van der Waals surface area (Å²) in [6.07, 6.45) is 2.14. The first kappa shape index (κ1) is 9.71. The average molecular weight is 204 g/mol. The molecule has 0 aliphatic carbocycles. The zero-order chi connectivity index (χ0) is 10.5. The highest BCUT2D eigenvalue weighted by atomic mass is 16.6. The van der Waals surface area contributed by atoms with E-state index in [0.29, 0.717) is 13.2 Å². The number of carbonyl (C=O) groups is 1. The van der Waals surface area contributed by atoms with Crippen LogP contribution >= 0.6 is 0 Å². The van der Waals surface area contributed by atoms with E-state index in [1.54, 1.807) is 6.21 Å². The van der Waals surface area contributed by atoms with Crippen LogP contribution in [0.1, 0.15) is 12.0 Å². The fourth-order valence-corrected chi connectivity index (χ4v) is 1.33. The van der Waals surface area contributed by atoms with Gasteiger partial charge in [0.15, 0.2) is 0 Å². The summed E-state index contributed by atoms with van der Waals surface area (Å²) < 4.78 is 5.09. The monoisotopic (exact) mass is 204 g/mol. The van der Waals surface area contributed by atoms with Crippen LogP contribution in [0, 0.1) is 0 Å². The zero-order valence-corrected chi connectivity index (χ0v) is 8.30. The van der Waals surface area contributed by atoms with Crippen molar-refractivity contribution in [2.75, 3.05) is 6.54 Å². The van der Waals surface area contributed by atoms with Crippen LogP contribution in [0.3, 0.4) is 0 Å². The summed E-state index contributed by atoms with van der Waals surface area (Å²) in [5, 5.41) is 5.22. The molecule has 0 spiro atoms. The lowest BCUT2D eigenvalue weighted by atomic mass is 10.2. The number of hydrazone groups is 1. The normalized spacial score (nSPS) is 14.3. The fourth-order valence-electron chi connectivity index (χ4n) is 1.33. The molecule has 2 rings (SSSR count). The number of amides is 1. The predicted octanol–water partition coefficient (Wildman–Crippen LogP) is 2.01. The van der Waals surface area contributed by atoms with Crippen molar-refractivity contribution in [2.24, 2.45) is 5.10 Å². The molecule has 15 heavy (non-hydrogen) atoms. The SMILES string of the molecule is O=C(OCc1ccccc1)N1CCC=N1. The molecule has 0 aromatic heterocycles. The Morgan fingerprint density at radius 2 is 2.20 bits per heavy atom. The smallest absolute Gasteiger partial charge is 0.430 e. The van der Waals surface area contributed by atoms with Gasteiger partial charge in [-0.05, 0) is 5.56 Å². The quantitative estimate of drug-likeness (QED) is 0.739. The van der Waals surface area contributed by atoms with E-state index in [-0.39, 0.29) is 6.09 Å². The minimum absolute atomic E-state index is 0.297. The van der Waals surface area contributed by atoms with Gasteiger partial charge in [0.2, 0.25) is 0 Å². The van der Waals surface area contributed by atoms with Gasteiger partial charge in [-0.3, -0.25) is 0 Å². The Kier molecular flexibility index (Phi) is 2.97. The van der Waals surface area contributed by atoms with Crippen molar-refractivity contribution in [1.29, 1.82) is 0 Å². The maximum atomic E-state index is 11.4. The Hall–Kier alpha value is -1.84. The average Bonchev–Trinajstić information content (AvgIpc) is 2.81. The first-order chi connectivity index (χ1) is 7.36. The highest BCUT2D eigenvalue weighted by Crippen LogP contribution is 2.06. The molecule has 0 radical (unpaired) electrons. The Morgan fingerprint density at radius 3 is 2.87 bits per heavy atom. The molecular formula is C11H12N2O2. The van der Waals surface area contributed by atoms with Crippen LogP contribution in [0.25, 0.3) is 0 Å². The second-order valence-corrected chi connectivity index (χ2v) is 3.25. The molecule has 78 valence electrons. The molecule has 1 aromatic rings. The Bertz CT molecular complexity index is 362. The second-order valence-electron chi connectivity index (χ2n) is 3.25. The van der Waals surface area contributed by atoms with Gasteiger partial charge in [0.1, 0.15) is 6.61 Å². The van der Waals surface area contributed by atoms with E-state index in [1.165, 1.54) is 5.01 Å². The Morgan fingerprint density at radius 1 is 1.40 bits per heavy atom. The molecule has 0 saturated carbocycles. The second kappa shape index (κ2) is 4.59. The molecule has 0 fully saturated rings. The van der Waals surface area contributed by atoms with E-state index in [2.05, 4.69) is 5.10 Å². The summed E-state index contributed by atoms with van der Waals surface area (Å²) in [5.41, 5.74) is 0.981. The van der Waals surface area contributed by atoms with Crippen LogP contribution in [0.2, 0.25) is 0 Å². The van der Waals surface area contributed by atoms with Crippen molar-refractivity contribution in [3.8, 4) is 0 Å². The number of hydrogen-bond donors (Lipinski definition) is 0. The lowest BCUT2D eigenvalue weighted by Gasteiger charge is -2.11. The number of hydrogen-bond acceptors (Lipinski definition) is 3. The van der Waals surface area contributed by atoms with E-state index in [1.807, 2.05) is 30.3 Å². The highest BCUT2D eigenvalue weighted by Gasteiger charge is 2.16. The van der Waals surface area contributed by atoms with Crippen molar-refractivity contribution < 1.29 is 9.53 Å². The van der Waals surface area contributed by atoms with Gasteiger partial charge in [-0.1, -0.05) is 30.3 Å². The molecule has 0 bridgehead atoms. The number of rotatable bonds is 2. The molecule has 1 aromatic carbocycles. The van der Waals surface area contributed by atoms with Gasteiger partial charge in [-0.2, -0.15) is 10.1 Å². The van der Waals surface area contributed by atoms with Crippen LogP contribution in [0.4, 0.5) is 4.79 Å². The maximum Gasteiger partial charge on any atom is 0.430 e. The molecule has 1 heterocycles. The lowest BCUT2D eigenvalue weighted by Crippen LogP contribution is -2.24. The molecule has 1 amide bonds. The van der Waals surface area contributed by atoms with Crippen molar-refractivity contribution in [1.82, 2.24) is 5.01 Å². The van der Waals surface area contributed by atoms with Crippen molar-refractivity contribution in [3.63, 3.8) is 0 Å². The van der Waals surface area contributed by atoms with Gasteiger partial charge in [0.25, 0.3) is 0 Å². The van der Waals surface area contributed by atoms with E-state index in [9.17, 15) is 4.79 Å². The zero-order valence-electron chi connectivity index (χ0n) is 8.30. The van der Waals surface area contributed by atoms with E-state index >= 15 is 0 Å². The van der Waals surface area contributed by atoms with Crippen LogP contribution in [-0.4, -0.2) is 23.9 Å². The van der Waals surface area contributed by atoms with E-state index < -0.39 is 0 Å². The third-order valence-electron chi connectivity index (χ3n) is 2.11. The highest BCUT2D eigenvalue weighted by molar-refractivity contribution is 5.72. The third kappa shape index (κ3) is 2.56. The van der Waals surface area contributed by atoms with Gasteiger partial charge in [-0.25, -0.2) is 4.79 Å². The van der Waals surface area contributed by atoms with Crippen molar-refractivity contribution >= 4 is 12.3 Å². The molecule has 1 aliphatic rings. The molecule has 4 nitrogen and oxygen atoms in total. The summed E-state index contributed by atoms with van der Waals surface area (Å²) >= 11 is 0. The van der Waals surface area contributed by atoms with Gasteiger partial charge in [0.05, 0.1) is 6.54 Å². The summed E-state index contributed by atoms with van der Waals surface area (Å²) in [5.74, 6) is 0. The number of ether oxygens (including phenoxy) is 1. The number of nitrogens with zero attached hydrogens (tertiary/aromatic N) is 2. The van der Waals surface area contributed by atoms with E-state index in [0.717, 1.165) is 12.0 Å². The van der Waals surface area contributed by atoms with Crippen LogP contribution < -0.4 is 0 Å². The maximum absolute atomic E-state index is 11.4. The molecule has 0 N–H and O–H groups in total. The minimum Gasteiger partial charge on any atom is -0.443 e. The molecular weight excluding hydrogens is 192 g/mol. The molecule has 0 atom stereocenters. The summed E-state index contributed by atoms with van der Waals surface area (Å²) in [6.45, 7) is 0.916. The topological polar surface area (TPSA) is 41.9 Å². The third-order valence-corrected chi connectivity index (χ3v) is 2.11. The van der Waals surface area contributed by atoms with Crippen molar-refractivity contribution in [2.45, 2.75) is 13.0 Å². The minimum atomic E-state index is -0.382. The van der Waals surface area contributed by atoms with Gasteiger partial charge in [-0.15, -0.1) is 0 Å². The molecule has 0 saturated heterocycles. The predicted molar refractivity (Wildman–Crippen MR) is 56.4 cm³/mol. The van der Waals surface area contributed by atoms with Crippen molar-refractivity contribution in [3.05, 3.63) is 35.9 Å². The van der Waals surface area contributed by atoms with E-state index in [4.69, 9.17) is 4.74 Å². The Labute approximate surface area is 88.2 Å². The molecule has 1 aliphatic heterocycles. The summed E-state index contributed by atoms with van der Waals surface area (Å²) in [4.78, 5) is 11.4. The van der Waals surface area contributed by atoms with Gasteiger partial charge >= 0.3 is 6.09 Å². The Balaban J connectivity index is 1.83. The summed E-state index contributed by atoms with van der Waals surface area (Å²) in [6, 6.07) is 9.59. The van der Waals surface area contributed by atoms with Crippen LogP contribution in [0.15, 0.2) is 35.4 Å². The van der Waals surface area contributed by atoms with Gasteiger partial charge < -0.3 is 4.74 Å². The lowest BCUT2D eigenvalue weighted by molar-refractivity contribution is 0.101. The largest absolute Gasteiger partial charge is 0.443 e. The first-order valence-electron chi connectivity index (χ1n) is 4.87. The standard InChI is InChI=1S/C11H12N2O2/c14-11(13-8-4-7-12-13)15-9-10-5-2-1-3-6-10/h1-3,5-7H,4,8-9H2. The van der Waals surface area contributed by atoms with Gasteiger partial charge in [0, 0.05) is 12.6 Å². The fraction of sp³-hybridized carbons (Fsp3) is 0.273. The number of carbonyl (C=O) groups excluding carboxylic acids is 1.